The van der Waals surface area contributed by atoms with Gasteiger partial charge in [0.2, 0.25) is 11.8 Å². The van der Waals surface area contributed by atoms with Crippen molar-refractivity contribution < 1.29 is 9.59 Å². The summed E-state index contributed by atoms with van der Waals surface area (Å²) in [7, 11) is 1.63. The van der Waals surface area contributed by atoms with Crippen LogP contribution in [0.5, 0.6) is 0 Å². The molecular formula is C11H21N3O2. The minimum absolute atomic E-state index is 0.0154. The molecule has 1 aliphatic heterocycles. The summed E-state index contributed by atoms with van der Waals surface area (Å²) in [4.78, 5) is 25.2. The van der Waals surface area contributed by atoms with Crippen LogP contribution in [0, 0.1) is 5.41 Å². The van der Waals surface area contributed by atoms with Crippen LogP contribution in [0.1, 0.15) is 26.2 Å². The van der Waals surface area contributed by atoms with E-state index in [1.54, 1.807) is 11.9 Å². The van der Waals surface area contributed by atoms with Gasteiger partial charge in [0.25, 0.3) is 0 Å². The van der Waals surface area contributed by atoms with Crippen LogP contribution in [0.15, 0.2) is 0 Å². The van der Waals surface area contributed by atoms with Crippen molar-refractivity contribution in [3.05, 3.63) is 0 Å². The van der Waals surface area contributed by atoms with E-state index in [2.05, 4.69) is 5.32 Å². The number of hydrogen-bond donors (Lipinski definition) is 2. The summed E-state index contributed by atoms with van der Waals surface area (Å²) in [5.74, 6) is 0.125. The predicted molar refractivity (Wildman–Crippen MR) is 61.7 cm³/mol. The lowest BCUT2D eigenvalue weighted by atomic mass is 9.89. The van der Waals surface area contributed by atoms with Crippen LogP contribution in [-0.4, -0.2) is 43.4 Å². The molecule has 0 bridgehead atoms. The fourth-order valence-corrected chi connectivity index (χ4v) is 2.07. The molecule has 3 N–H and O–H groups in total. The summed E-state index contributed by atoms with van der Waals surface area (Å²) in [5, 5.41) is 2.65. The lowest BCUT2D eigenvalue weighted by molar-refractivity contribution is -0.132. The Bertz CT molecular complexity index is 280. The number of nitrogens with two attached hydrogens (primary N) is 1. The maximum Gasteiger partial charge on any atom is 0.227 e. The zero-order chi connectivity index (χ0) is 12.2. The molecule has 0 radical (unpaired) electrons. The fraction of sp³-hybridized carbons (Fsp3) is 0.818. The number of carbonyl (C=O) groups excluding carboxylic acids is 2. The van der Waals surface area contributed by atoms with Crippen molar-refractivity contribution in [3.8, 4) is 0 Å². The molecule has 1 atom stereocenters. The van der Waals surface area contributed by atoms with Crippen LogP contribution in [0.3, 0.4) is 0 Å². The van der Waals surface area contributed by atoms with Crippen molar-refractivity contribution in [3.63, 3.8) is 0 Å². The molecule has 0 saturated carbocycles. The molecule has 0 aromatic carbocycles. The number of carbonyl (C=O) groups is 2. The van der Waals surface area contributed by atoms with Crippen LogP contribution < -0.4 is 11.1 Å². The van der Waals surface area contributed by atoms with E-state index in [0.717, 1.165) is 6.42 Å². The van der Waals surface area contributed by atoms with Gasteiger partial charge in [0.05, 0.1) is 5.41 Å². The lowest BCUT2D eigenvalue weighted by Gasteiger charge is -2.22. The maximum atomic E-state index is 11.7. The Morgan fingerprint density at radius 1 is 1.50 bits per heavy atom. The Hall–Kier alpha value is -1.10. The molecule has 5 heteroatoms. The van der Waals surface area contributed by atoms with Gasteiger partial charge >= 0.3 is 0 Å². The SMILES string of the molecule is CNC(=O)C1(C)CCN(C(=O)CCCN)C1. The van der Waals surface area contributed by atoms with Gasteiger partial charge in [-0.3, -0.25) is 9.59 Å². The maximum absolute atomic E-state index is 11.7. The topological polar surface area (TPSA) is 75.4 Å². The van der Waals surface area contributed by atoms with Gasteiger partial charge in [0, 0.05) is 26.6 Å². The molecule has 0 spiro atoms. The Kier molecular flexibility index (Phi) is 4.29. The van der Waals surface area contributed by atoms with Crippen molar-refractivity contribution in [2.75, 3.05) is 26.7 Å². The summed E-state index contributed by atoms with van der Waals surface area (Å²) in [5.41, 5.74) is 4.94. The normalized spacial score (nSPS) is 24.6. The van der Waals surface area contributed by atoms with Gasteiger partial charge in [-0.1, -0.05) is 0 Å². The van der Waals surface area contributed by atoms with E-state index in [1.165, 1.54) is 0 Å². The molecule has 1 saturated heterocycles. The predicted octanol–water partition coefficient (Wildman–Crippen LogP) is -0.290. The number of amides is 2. The van der Waals surface area contributed by atoms with Gasteiger partial charge in [-0.05, 0) is 26.3 Å². The molecule has 5 nitrogen and oxygen atoms in total. The molecule has 0 aliphatic carbocycles. The fourth-order valence-electron chi connectivity index (χ4n) is 2.07. The molecule has 0 aromatic heterocycles. The molecule has 0 aromatic rings. The van der Waals surface area contributed by atoms with Crippen LogP contribution in [0.25, 0.3) is 0 Å². The number of rotatable bonds is 4. The Morgan fingerprint density at radius 2 is 2.19 bits per heavy atom. The van der Waals surface area contributed by atoms with Gasteiger partial charge in [-0.15, -0.1) is 0 Å². The first-order chi connectivity index (χ1) is 7.53. The second-order valence-electron chi connectivity index (χ2n) is 4.60. The first-order valence-corrected chi connectivity index (χ1v) is 5.73. The number of nitrogens with one attached hydrogen (secondary N) is 1. The van der Waals surface area contributed by atoms with E-state index in [9.17, 15) is 9.59 Å². The first kappa shape index (κ1) is 13.0. The van der Waals surface area contributed by atoms with Crippen molar-refractivity contribution in [1.29, 1.82) is 0 Å². The summed E-state index contributed by atoms with van der Waals surface area (Å²) in [6, 6.07) is 0. The molecule has 1 rings (SSSR count). The standard InChI is InChI=1S/C11H21N3O2/c1-11(10(16)13-2)5-7-14(8-11)9(15)4-3-6-12/h3-8,12H2,1-2H3,(H,13,16). The molecule has 16 heavy (non-hydrogen) atoms. The minimum Gasteiger partial charge on any atom is -0.359 e. The summed E-state index contributed by atoms with van der Waals surface area (Å²) >= 11 is 0. The second kappa shape index (κ2) is 5.30. The third kappa shape index (κ3) is 2.72. The smallest absolute Gasteiger partial charge is 0.227 e. The van der Waals surface area contributed by atoms with Crippen LogP contribution >= 0.6 is 0 Å². The largest absolute Gasteiger partial charge is 0.359 e. The summed E-state index contributed by atoms with van der Waals surface area (Å²) in [6.45, 7) is 3.64. The van der Waals surface area contributed by atoms with Crippen molar-refractivity contribution in [2.45, 2.75) is 26.2 Å². The molecule has 1 aliphatic rings. The third-order valence-corrected chi connectivity index (χ3v) is 3.20. The number of likely N-dealkylation sites (tertiary alicyclic amines) is 1. The molecule has 1 heterocycles. The summed E-state index contributed by atoms with van der Waals surface area (Å²) in [6.07, 6.45) is 1.94. The average molecular weight is 227 g/mol. The summed E-state index contributed by atoms with van der Waals surface area (Å²) < 4.78 is 0. The molecule has 2 amide bonds. The van der Waals surface area contributed by atoms with Gasteiger partial charge < -0.3 is 16.0 Å². The van der Waals surface area contributed by atoms with Crippen molar-refractivity contribution in [2.24, 2.45) is 11.1 Å². The average Bonchev–Trinajstić information content (AvgIpc) is 2.69. The van der Waals surface area contributed by atoms with E-state index in [-0.39, 0.29) is 11.8 Å². The molecule has 1 unspecified atom stereocenters. The molecular weight excluding hydrogens is 206 g/mol. The van der Waals surface area contributed by atoms with Gasteiger partial charge in [0.15, 0.2) is 0 Å². The highest BCUT2D eigenvalue weighted by Gasteiger charge is 2.41. The third-order valence-electron chi connectivity index (χ3n) is 3.20. The van der Waals surface area contributed by atoms with Gasteiger partial charge in [-0.25, -0.2) is 0 Å². The monoisotopic (exact) mass is 227 g/mol. The Labute approximate surface area is 96.4 Å². The quantitative estimate of drug-likeness (QED) is 0.693. The zero-order valence-electron chi connectivity index (χ0n) is 10.1. The Balaban J connectivity index is 2.51. The highest BCUT2D eigenvalue weighted by Crippen LogP contribution is 2.30. The highest BCUT2D eigenvalue weighted by atomic mass is 16.2. The van der Waals surface area contributed by atoms with Gasteiger partial charge in [0.1, 0.15) is 0 Å². The van der Waals surface area contributed by atoms with Crippen LogP contribution in [0.2, 0.25) is 0 Å². The number of hydrogen-bond acceptors (Lipinski definition) is 3. The van der Waals surface area contributed by atoms with Crippen LogP contribution in [-0.2, 0) is 9.59 Å². The molecule has 1 fully saturated rings. The van der Waals surface area contributed by atoms with E-state index < -0.39 is 5.41 Å². The van der Waals surface area contributed by atoms with E-state index in [0.29, 0.717) is 32.5 Å². The van der Waals surface area contributed by atoms with E-state index >= 15 is 0 Å². The van der Waals surface area contributed by atoms with E-state index in [1.807, 2.05) is 6.92 Å². The first-order valence-electron chi connectivity index (χ1n) is 5.73. The zero-order valence-corrected chi connectivity index (χ0v) is 10.1. The lowest BCUT2D eigenvalue weighted by Crippen LogP contribution is -2.40. The highest BCUT2D eigenvalue weighted by molar-refractivity contribution is 5.84. The minimum atomic E-state index is -0.423. The van der Waals surface area contributed by atoms with Crippen molar-refractivity contribution >= 4 is 11.8 Å². The second-order valence-corrected chi connectivity index (χ2v) is 4.60. The Morgan fingerprint density at radius 3 is 2.75 bits per heavy atom. The van der Waals surface area contributed by atoms with E-state index in [4.69, 9.17) is 5.73 Å². The van der Waals surface area contributed by atoms with Crippen molar-refractivity contribution in [1.82, 2.24) is 10.2 Å². The molecule has 92 valence electrons. The van der Waals surface area contributed by atoms with Gasteiger partial charge in [-0.2, -0.15) is 0 Å². The van der Waals surface area contributed by atoms with Crippen LogP contribution in [0.4, 0.5) is 0 Å². The number of nitrogens with zero attached hydrogens (tertiary/aromatic N) is 1.